The molecule has 0 aromatic rings. The van der Waals surface area contributed by atoms with E-state index in [2.05, 4.69) is 12.2 Å². The summed E-state index contributed by atoms with van der Waals surface area (Å²) >= 11 is 0. The van der Waals surface area contributed by atoms with Gasteiger partial charge in [0.25, 0.3) is 10.2 Å². The fourth-order valence-corrected chi connectivity index (χ4v) is 5.75. The van der Waals surface area contributed by atoms with Gasteiger partial charge in [-0.1, -0.05) is 19.8 Å². The van der Waals surface area contributed by atoms with Crippen molar-refractivity contribution in [3.63, 3.8) is 0 Å². The Bertz CT molecular complexity index is 411. The number of hydrogen-bond acceptors (Lipinski definition) is 3. The third-order valence-corrected chi connectivity index (χ3v) is 6.95. The molecule has 2 aliphatic heterocycles. The molecule has 0 bridgehead atoms. The van der Waals surface area contributed by atoms with Crippen molar-refractivity contribution in [2.24, 2.45) is 5.92 Å². The van der Waals surface area contributed by atoms with E-state index in [0.717, 1.165) is 51.5 Å². The third kappa shape index (κ3) is 4.18. The Labute approximate surface area is 130 Å². The van der Waals surface area contributed by atoms with Crippen LogP contribution < -0.4 is 5.32 Å². The van der Waals surface area contributed by atoms with Gasteiger partial charge in [0.05, 0.1) is 0 Å². The molecule has 21 heavy (non-hydrogen) atoms. The largest absolute Gasteiger partial charge is 0.319 e. The minimum Gasteiger partial charge on any atom is -0.319 e. The molecular weight excluding hydrogens is 286 g/mol. The predicted molar refractivity (Wildman–Crippen MR) is 86.4 cm³/mol. The van der Waals surface area contributed by atoms with Crippen molar-refractivity contribution in [1.29, 1.82) is 0 Å². The van der Waals surface area contributed by atoms with Crippen molar-refractivity contribution in [3.8, 4) is 0 Å². The maximum absolute atomic E-state index is 13.0. The first-order valence-corrected chi connectivity index (χ1v) is 9.90. The lowest BCUT2D eigenvalue weighted by molar-refractivity contribution is 0.228. The number of piperidine rings is 1. The summed E-state index contributed by atoms with van der Waals surface area (Å²) < 4.78 is 29.6. The van der Waals surface area contributed by atoms with Crippen LogP contribution in [0.5, 0.6) is 0 Å². The molecule has 0 radical (unpaired) electrons. The normalized spacial score (nSPS) is 30.2. The van der Waals surface area contributed by atoms with E-state index in [1.54, 1.807) is 4.31 Å². The van der Waals surface area contributed by atoms with E-state index in [0.29, 0.717) is 25.6 Å². The second-order valence-corrected chi connectivity index (χ2v) is 8.33. The highest BCUT2D eigenvalue weighted by Crippen LogP contribution is 2.27. The van der Waals surface area contributed by atoms with E-state index < -0.39 is 10.2 Å². The summed E-state index contributed by atoms with van der Waals surface area (Å²) in [5.41, 5.74) is 0. The minimum absolute atomic E-state index is 0.196. The van der Waals surface area contributed by atoms with Crippen LogP contribution in [0, 0.1) is 5.92 Å². The van der Waals surface area contributed by atoms with Gasteiger partial charge in [-0.25, -0.2) is 0 Å². The van der Waals surface area contributed by atoms with Gasteiger partial charge in [0, 0.05) is 25.7 Å². The first kappa shape index (κ1) is 17.2. The van der Waals surface area contributed by atoms with Gasteiger partial charge in [-0.05, 0) is 51.6 Å². The van der Waals surface area contributed by atoms with Gasteiger partial charge in [-0.2, -0.15) is 17.0 Å². The van der Waals surface area contributed by atoms with Crippen LogP contribution in [0.25, 0.3) is 0 Å². The van der Waals surface area contributed by atoms with Gasteiger partial charge < -0.3 is 5.32 Å². The summed E-state index contributed by atoms with van der Waals surface area (Å²) in [6, 6.07) is 0.196. The first-order chi connectivity index (χ1) is 10.1. The zero-order valence-electron chi connectivity index (χ0n) is 13.6. The lowest BCUT2D eigenvalue weighted by Crippen LogP contribution is -2.52. The van der Waals surface area contributed by atoms with Crippen molar-refractivity contribution in [1.82, 2.24) is 13.9 Å². The summed E-state index contributed by atoms with van der Waals surface area (Å²) in [7, 11) is -1.34. The van der Waals surface area contributed by atoms with Gasteiger partial charge in [0.15, 0.2) is 0 Å². The topological polar surface area (TPSA) is 52.7 Å². The Hall–Kier alpha value is -0.170. The molecule has 1 N–H and O–H groups in total. The van der Waals surface area contributed by atoms with Crippen molar-refractivity contribution in [2.75, 3.05) is 33.2 Å². The molecule has 2 aliphatic rings. The van der Waals surface area contributed by atoms with Crippen LogP contribution in [0.2, 0.25) is 0 Å². The molecule has 2 fully saturated rings. The molecular formula is C15H31N3O2S. The van der Waals surface area contributed by atoms with E-state index in [4.69, 9.17) is 0 Å². The van der Waals surface area contributed by atoms with Crippen LogP contribution in [-0.4, -0.2) is 56.3 Å². The molecule has 2 atom stereocenters. The molecule has 2 unspecified atom stereocenters. The van der Waals surface area contributed by atoms with Gasteiger partial charge in [0.1, 0.15) is 0 Å². The second-order valence-electron chi connectivity index (χ2n) is 6.45. The van der Waals surface area contributed by atoms with Crippen molar-refractivity contribution >= 4 is 10.2 Å². The summed E-state index contributed by atoms with van der Waals surface area (Å²) in [5.74, 6) is 0.450. The van der Waals surface area contributed by atoms with Gasteiger partial charge in [-0.15, -0.1) is 0 Å². The number of nitrogens with one attached hydrogen (secondary N) is 1. The van der Waals surface area contributed by atoms with E-state index >= 15 is 0 Å². The predicted octanol–water partition coefficient (Wildman–Crippen LogP) is 1.82. The Kier molecular flexibility index (Phi) is 6.47. The van der Waals surface area contributed by atoms with Gasteiger partial charge in [-0.3, -0.25) is 0 Å². The number of nitrogens with zero attached hydrogens (tertiary/aromatic N) is 2. The summed E-state index contributed by atoms with van der Waals surface area (Å²) in [6.45, 7) is 5.08. The SMILES string of the molecule is CCC1CCCCCN1S(=O)(=O)N1CCCC(CNC)C1. The highest BCUT2D eigenvalue weighted by atomic mass is 32.2. The molecule has 0 aromatic carbocycles. The molecule has 2 heterocycles. The number of rotatable bonds is 5. The molecule has 0 aromatic heterocycles. The molecule has 124 valence electrons. The van der Waals surface area contributed by atoms with E-state index in [1.807, 2.05) is 11.4 Å². The maximum Gasteiger partial charge on any atom is 0.282 e. The van der Waals surface area contributed by atoms with Crippen LogP contribution in [0.3, 0.4) is 0 Å². The molecule has 2 rings (SSSR count). The van der Waals surface area contributed by atoms with E-state index in [1.165, 1.54) is 0 Å². The van der Waals surface area contributed by atoms with E-state index in [-0.39, 0.29) is 6.04 Å². The third-order valence-electron chi connectivity index (χ3n) is 4.89. The molecule has 5 nitrogen and oxygen atoms in total. The highest BCUT2D eigenvalue weighted by molar-refractivity contribution is 7.86. The van der Waals surface area contributed by atoms with Crippen LogP contribution in [-0.2, 0) is 10.2 Å². The molecule has 0 amide bonds. The van der Waals surface area contributed by atoms with Crippen molar-refractivity contribution < 1.29 is 8.42 Å². The zero-order valence-corrected chi connectivity index (χ0v) is 14.4. The summed E-state index contributed by atoms with van der Waals surface area (Å²) in [5, 5.41) is 3.18. The second kappa shape index (κ2) is 7.90. The Balaban J connectivity index is 2.11. The Morgan fingerprint density at radius 3 is 2.62 bits per heavy atom. The Morgan fingerprint density at radius 2 is 1.90 bits per heavy atom. The molecule has 0 saturated carbocycles. The minimum atomic E-state index is -3.28. The highest BCUT2D eigenvalue weighted by Gasteiger charge is 2.37. The monoisotopic (exact) mass is 317 g/mol. The number of hydrogen-bond donors (Lipinski definition) is 1. The summed E-state index contributed by atoms with van der Waals surface area (Å²) in [4.78, 5) is 0. The summed E-state index contributed by atoms with van der Waals surface area (Å²) in [6.07, 6.45) is 7.37. The maximum atomic E-state index is 13.0. The average Bonchev–Trinajstić information content (AvgIpc) is 2.73. The smallest absolute Gasteiger partial charge is 0.282 e. The van der Waals surface area contributed by atoms with E-state index in [9.17, 15) is 8.42 Å². The van der Waals surface area contributed by atoms with Crippen LogP contribution in [0.15, 0.2) is 0 Å². The van der Waals surface area contributed by atoms with Crippen LogP contribution >= 0.6 is 0 Å². The van der Waals surface area contributed by atoms with Gasteiger partial charge in [0.2, 0.25) is 0 Å². The molecule has 2 saturated heterocycles. The first-order valence-electron chi connectivity index (χ1n) is 8.51. The lowest BCUT2D eigenvalue weighted by Gasteiger charge is -2.37. The average molecular weight is 317 g/mol. The molecule has 0 aliphatic carbocycles. The van der Waals surface area contributed by atoms with Crippen molar-refractivity contribution in [2.45, 2.75) is 57.9 Å². The zero-order chi connectivity index (χ0) is 15.3. The van der Waals surface area contributed by atoms with Crippen molar-refractivity contribution in [3.05, 3.63) is 0 Å². The van der Waals surface area contributed by atoms with Crippen LogP contribution in [0.1, 0.15) is 51.9 Å². The quantitative estimate of drug-likeness (QED) is 0.841. The molecule has 6 heteroatoms. The molecule has 0 spiro atoms. The fraction of sp³-hybridized carbons (Fsp3) is 1.00. The standard InChI is InChI=1S/C15H31N3O2S/c1-3-15-9-5-4-6-11-18(15)21(19,20)17-10-7-8-14(13-17)12-16-2/h14-16H,3-13H2,1-2H3. The fourth-order valence-electron chi connectivity index (χ4n) is 3.70. The lowest BCUT2D eigenvalue weighted by atomic mass is 10.00. The van der Waals surface area contributed by atoms with Gasteiger partial charge >= 0.3 is 0 Å². The Morgan fingerprint density at radius 1 is 1.10 bits per heavy atom. The van der Waals surface area contributed by atoms with Crippen LogP contribution in [0.4, 0.5) is 0 Å².